The van der Waals surface area contributed by atoms with Crippen molar-refractivity contribution in [3.8, 4) is 0 Å². The molecule has 0 aliphatic rings. The minimum absolute atomic E-state index is 0.522. The third-order valence-corrected chi connectivity index (χ3v) is 3.92. The standard InChI is InChI=1S/C19H26N2/c1-15(2)19(16-9-6-5-7-10-16)14-20-17-11-8-12-18(13-17)21(3)4/h5-13,15,19-20H,14H2,1-4H3. The Labute approximate surface area is 128 Å². The smallest absolute Gasteiger partial charge is 0.0381 e. The molecule has 0 bridgehead atoms. The van der Waals surface area contributed by atoms with E-state index in [1.54, 1.807) is 0 Å². The molecule has 21 heavy (non-hydrogen) atoms. The average Bonchev–Trinajstić information content (AvgIpc) is 2.48. The zero-order valence-electron chi connectivity index (χ0n) is 13.5. The average molecular weight is 282 g/mol. The predicted octanol–water partition coefficient (Wildman–Crippen LogP) is 4.60. The van der Waals surface area contributed by atoms with E-state index in [2.05, 4.69) is 92.8 Å². The third-order valence-electron chi connectivity index (χ3n) is 3.92. The fourth-order valence-electron chi connectivity index (χ4n) is 2.56. The first kappa shape index (κ1) is 15.4. The first-order valence-corrected chi connectivity index (χ1v) is 7.64. The quantitative estimate of drug-likeness (QED) is 0.832. The molecule has 0 saturated carbocycles. The van der Waals surface area contributed by atoms with E-state index in [9.17, 15) is 0 Å². The molecule has 2 aromatic carbocycles. The number of anilines is 2. The first-order chi connectivity index (χ1) is 10.1. The summed E-state index contributed by atoms with van der Waals surface area (Å²) in [6.07, 6.45) is 0. The summed E-state index contributed by atoms with van der Waals surface area (Å²) in [5.41, 5.74) is 3.81. The maximum atomic E-state index is 3.59. The van der Waals surface area contributed by atoms with Crippen LogP contribution < -0.4 is 10.2 Å². The van der Waals surface area contributed by atoms with Crippen molar-refractivity contribution in [1.82, 2.24) is 0 Å². The second-order valence-corrected chi connectivity index (χ2v) is 6.09. The Bertz CT molecular complexity index is 547. The number of nitrogens with one attached hydrogen (secondary N) is 1. The van der Waals surface area contributed by atoms with Crippen LogP contribution in [0.2, 0.25) is 0 Å². The number of hydrogen-bond acceptors (Lipinski definition) is 2. The van der Waals surface area contributed by atoms with Gasteiger partial charge in [-0.3, -0.25) is 0 Å². The minimum atomic E-state index is 0.522. The lowest BCUT2D eigenvalue weighted by Crippen LogP contribution is -2.18. The molecule has 0 aliphatic heterocycles. The van der Waals surface area contributed by atoms with Crippen molar-refractivity contribution in [2.24, 2.45) is 5.92 Å². The Kier molecular flexibility index (Phi) is 5.26. The molecule has 0 aromatic heterocycles. The van der Waals surface area contributed by atoms with Gasteiger partial charge in [0.1, 0.15) is 0 Å². The Hall–Kier alpha value is -1.96. The highest BCUT2D eigenvalue weighted by molar-refractivity contribution is 5.57. The van der Waals surface area contributed by atoms with E-state index in [1.165, 1.54) is 16.9 Å². The van der Waals surface area contributed by atoms with E-state index in [-0.39, 0.29) is 0 Å². The SMILES string of the molecule is CC(C)C(CNc1cccc(N(C)C)c1)c1ccccc1. The van der Waals surface area contributed by atoms with E-state index in [0.29, 0.717) is 11.8 Å². The Balaban J connectivity index is 2.07. The first-order valence-electron chi connectivity index (χ1n) is 7.64. The van der Waals surface area contributed by atoms with Crippen molar-refractivity contribution in [3.05, 3.63) is 60.2 Å². The molecule has 2 rings (SSSR count). The second kappa shape index (κ2) is 7.16. The van der Waals surface area contributed by atoms with Gasteiger partial charge in [0, 0.05) is 37.9 Å². The highest BCUT2D eigenvalue weighted by Gasteiger charge is 2.15. The van der Waals surface area contributed by atoms with E-state index in [4.69, 9.17) is 0 Å². The summed E-state index contributed by atoms with van der Waals surface area (Å²) in [6, 6.07) is 19.3. The highest BCUT2D eigenvalue weighted by atomic mass is 15.1. The molecular formula is C19H26N2. The molecule has 0 heterocycles. The Morgan fingerprint density at radius 1 is 0.952 bits per heavy atom. The van der Waals surface area contributed by atoms with Crippen LogP contribution in [0.25, 0.3) is 0 Å². The monoisotopic (exact) mass is 282 g/mol. The second-order valence-electron chi connectivity index (χ2n) is 6.09. The molecule has 2 nitrogen and oxygen atoms in total. The number of benzene rings is 2. The lowest BCUT2D eigenvalue weighted by molar-refractivity contribution is 0.517. The van der Waals surface area contributed by atoms with Crippen LogP contribution in [0, 0.1) is 5.92 Å². The maximum Gasteiger partial charge on any atom is 0.0381 e. The zero-order chi connectivity index (χ0) is 15.2. The molecular weight excluding hydrogens is 256 g/mol. The molecule has 0 radical (unpaired) electrons. The van der Waals surface area contributed by atoms with Crippen molar-refractivity contribution in [2.75, 3.05) is 30.9 Å². The van der Waals surface area contributed by atoms with Crippen LogP contribution in [0.5, 0.6) is 0 Å². The topological polar surface area (TPSA) is 15.3 Å². The van der Waals surface area contributed by atoms with Crippen LogP contribution >= 0.6 is 0 Å². The molecule has 0 aliphatic carbocycles. The Morgan fingerprint density at radius 3 is 2.29 bits per heavy atom. The van der Waals surface area contributed by atoms with Crippen LogP contribution in [-0.4, -0.2) is 20.6 Å². The summed E-state index contributed by atoms with van der Waals surface area (Å²) in [5.74, 6) is 1.13. The van der Waals surface area contributed by atoms with E-state index >= 15 is 0 Å². The number of rotatable bonds is 6. The lowest BCUT2D eigenvalue weighted by Gasteiger charge is -2.23. The van der Waals surface area contributed by atoms with Gasteiger partial charge >= 0.3 is 0 Å². The fourth-order valence-corrected chi connectivity index (χ4v) is 2.56. The van der Waals surface area contributed by atoms with Gasteiger partial charge in [-0.05, 0) is 29.7 Å². The maximum absolute atomic E-state index is 3.59. The van der Waals surface area contributed by atoms with Crippen LogP contribution in [-0.2, 0) is 0 Å². The molecule has 0 fully saturated rings. The predicted molar refractivity (Wildman–Crippen MR) is 93.3 cm³/mol. The van der Waals surface area contributed by atoms with Gasteiger partial charge in [0.2, 0.25) is 0 Å². The normalized spacial score (nSPS) is 12.2. The molecule has 1 N–H and O–H groups in total. The van der Waals surface area contributed by atoms with Crippen LogP contribution in [0.1, 0.15) is 25.3 Å². The molecule has 1 unspecified atom stereocenters. The van der Waals surface area contributed by atoms with E-state index in [1.807, 2.05) is 0 Å². The summed E-state index contributed by atoms with van der Waals surface area (Å²) in [6.45, 7) is 5.53. The van der Waals surface area contributed by atoms with Crippen molar-refractivity contribution in [1.29, 1.82) is 0 Å². The van der Waals surface area contributed by atoms with Crippen LogP contribution in [0.15, 0.2) is 54.6 Å². The van der Waals surface area contributed by atoms with Gasteiger partial charge in [-0.2, -0.15) is 0 Å². The van der Waals surface area contributed by atoms with Crippen molar-refractivity contribution < 1.29 is 0 Å². The van der Waals surface area contributed by atoms with Gasteiger partial charge in [-0.1, -0.05) is 50.2 Å². The number of hydrogen-bond donors (Lipinski definition) is 1. The fraction of sp³-hybridized carbons (Fsp3) is 0.368. The minimum Gasteiger partial charge on any atom is -0.384 e. The van der Waals surface area contributed by atoms with E-state index in [0.717, 1.165) is 6.54 Å². The van der Waals surface area contributed by atoms with Gasteiger partial charge in [-0.25, -0.2) is 0 Å². The van der Waals surface area contributed by atoms with Crippen molar-refractivity contribution in [3.63, 3.8) is 0 Å². The van der Waals surface area contributed by atoms with Crippen molar-refractivity contribution >= 4 is 11.4 Å². The van der Waals surface area contributed by atoms with Gasteiger partial charge < -0.3 is 10.2 Å². The molecule has 0 saturated heterocycles. The van der Waals surface area contributed by atoms with E-state index < -0.39 is 0 Å². The molecule has 0 amide bonds. The zero-order valence-corrected chi connectivity index (χ0v) is 13.5. The van der Waals surface area contributed by atoms with Crippen LogP contribution in [0.4, 0.5) is 11.4 Å². The largest absolute Gasteiger partial charge is 0.384 e. The van der Waals surface area contributed by atoms with Gasteiger partial charge in [0.25, 0.3) is 0 Å². The summed E-state index contributed by atoms with van der Waals surface area (Å²) < 4.78 is 0. The van der Waals surface area contributed by atoms with Gasteiger partial charge in [0.15, 0.2) is 0 Å². The third kappa shape index (κ3) is 4.25. The summed E-state index contributed by atoms with van der Waals surface area (Å²) in [4.78, 5) is 2.13. The summed E-state index contributed by atoms with van der Waals surface area (Å²) >= 11 is 0. The van der Waals surface area contributed by atoms with Gasteiger partial charge in [0.05, 0.1) is 0 Å². The highest BCUT2D eigenvalue weighted by Crippen LogP contribution is 2.25. The summed E-state index contributed by atoms with van der Waals surface area (Å²) in [5, 5.41) is 3.59. The molecule has 2 aromatic rings. The lowest BCUT2D eigenvalue weighted by atomic mass is 9.88. The van der Waals surface area contributed by atoms with Gasteiger partial charge in [-0.15, -0.1) is 0 Å². The molecule has 0 spiro atoms. The number of nitrogens with zero attached hydrogens (tertiary/aromatic N) is 1. The molecule has 112 valence electrons. The Morgan fingerprint density at radius 2 is 1.67 bits per heavy atom. The van der Waals surface area contributed by atoms with Crippen LogP contribution in [0.3, 0.4) is 0 Å². The molecule has 1 atom stereocenters. The molecule has 2 heteroatoms. The summed E-state index contributed by atoms with van der Waals surface area (Å²) in [7, 11) is 4.14. The van der Waals surface area contributed by atoms with Crippen molar-refractivity contribution in [2.45, 2.75) is 19.8 Å².